The quantitative estimate of drug-likeness (QED) is 0.835. The van der Waals surface area contributed by atoms with Crippen LogP contribution in [-0.2, 0) is 11.3 Å². The predicted octanol–water partition coefficient (Wildman–Crippen LogP) is 2.79. The van der Waals surface area contributed by atoms with Crippen LogP contribution in [0, 0.1) is 0 Å². The number of anilines is 1. The molecule has 0 aliphatic carbocycles. The molecule has 1 aliphatic rings. The van der Waals surface area contributed by atoms with Crippen molar-refractivity contribution < 1.29 is 18.7 Å². The number of rotatable bonds is 5. The van der Waals surface area contributed by atoms with Gasteiger partial charge in [0.05, 0.1) is 12.8 Å². The molecule has 0 N–H and O–H groups in total. The lowest BCUT2D eigenvalue weighted by Gasteiger charge is -2.41. The van der Waals surface area contributed by atoms with Gasteiger partial charge in [-0.3, -0.25) is 4.79 Å². The van der Waals surface area contributed by atoms with E-state index in [1.54, 1.807) is 26.4 Å². The molecule has 1 aliphatic heterocycles. The third-order valence-corrected chi connectivity index (χ3v) is 4.47. The third-order valence-electron chi connectivity index (χ3n) is 4.47. The summed E-state index contributed by atoms with van der Waals surface area (Å²) in [5.74, 6) is 1.80. The molecule has 0 unspecified atom stereocenters. The maximum absolute atomic E-state index is 12.7. The number of carbonyl (C=O) groups excluding carboxylic acids is 1. The van der Waals surface area contributed by atoms with Crippen LogP contribution in [0.2, 0.25) is 0 Å². The van der Waals surface area contributed by atoms with Gasteiger partial charge in [0.15, 0.2) is 5.76 Å². The number of ether oxygens (including phenoxy) is 2. The molecule has 0 radical (unpaired) electrons. The molecule has 134 valence electrons. The smallest absolute Gasteiger partial charge is 0.289 e. The number of methoxy groups -OCH3 is 2. The van der Waals surface area contributed by atoms with Gasteiger partial charge in [0.2, 0.25) is 0 Å². The average Bonchev–Trinajstić information content (AvgIpc) is 3.10. The Morgan fingerprint density at radius 2 is 2.00 bits per heavy atom. The van der Waals surface area contributed by atoms with E-state index >= 15 is 0 Å². The second-order valence-electron chi connectivity index (χ2n) is 6.16. The minimum absolute atomic E-state index is 0.0714. The Bertz CT molecular complexity index is 728. The molecule has 1 aromatic heterocycles. The number of furan rings is 1. The molecule has 2 aromatic rings. The molecular weight excluding hydrogens is 320 g/mol. The minimum Gasteiger partial charge on any atom is -0.495 e. The van der Waals surface area contributed by atoms with Gasteiger partial charge in [-0.25, -0.2) is 0 Å². The van der Waals surface area contributed by atoms with Crippen molar-refractivity contribution in [2.45, 2.75) is 19.6 Å². The lowest BCUT2D eigenvalue weighted by Crippen LogP contribution is -2.54. The molecule has 2 heterocycles. The second kappa shape index (κ2) is 7.61. The Morgan fingerprint density at radius 3 is 2.72 bits per heavy atom. The molecule has 3 rings (SSSR count). The summed E-state index contributed by atoms with van der Waals surface area (Å²) >= 11 is 0. The first-order valence-corrected chi connectivity index (χ1v) is 8.40. The molecule has 1 saturated heterocycles. The average molecular weight is 344 g/mol. The summed E-state index contributed by atoms with van der Waals surface area (Å²) in [5.41, 5.74) is 1.06. The third kappa shape index (κ3) is 3.64. The zero-order valence-corrected chi connectivity index (χ0v) is 14.9. The summed E-state index contributed by atoms with van der Waals surface area (Å²) in [6.07, 6.45) is 0. The van der Waals surface area contributed by atoms with E-state index in [9.17, 15) is 4.79 Å². The van der Waals surface area contributed by atoms with E-state index in [2.05, 4.69) is 11.8 Å². The minimum atomic E-state index is -0.0745. The Kier molecular flexibility index (Phi) is 5.28. The van der Waals surface area contributed by atoms with Crippen molar-refractivity contribution in [1.82, 2.24) is 4.90 Å². The number of nitrogens with zero attached hydrogens (tertiary/aromatic N) is 2. The zero-order valence-electron chi connectivity index (χ0n) is 14.9. The maximum Gasteiger partial charge on any atom is 0.289 e. The predicted molar refractivity (Wildman–Crippen MR) is 95.1 cm³/mol. The number of hydrogen-bond acceptors (Lipinski definition) is 5. The van der Waals surface area contributed by atoms with Gasteiger partial charge in [-0.1, -0.05) is 12.1 Å². The van der Waals surface area contributed by atoms with Crippen molar-refractivity contribution in [3.63, 3.8) is 0 Å². The number of benzene rings is 1. The standard InChI is InChI=1S/C19H24N2O4/c1-14-12-20(16-6-4-5-7-17(16)24-3)10-11-21(14)19(22)18-9-8-15(25-18)13-23-2/h4-9,14H,10-13H2,1-3H3/t14-/m0/s1. The number of hydrogen-bond donors (Lipinski definition) is 0. The van der Waals surface area contributed by atoms with E-state index in [-0.39, 0.29) is 11.9 Å². The van der Waals surface area contributed by atoms with Crippen LogP contribution >= 0.6 is 0 Å². The lowest BCUT2D eigenvalue weighted by atomic mass is 10.1. The highest BCUT2D eigenvalue weighted by Gasteiger charge is 2.30. The van der Waals surface area contributed by atoms with Crippen LogP contribution in [0.25, 0.3) is 0 Å². The second-order valence-corrected chi connectivity index (χ2v) is 6.16. The van der Waals surface area contributed by atoms with Crippen molar-refractivity contribution in [3.8, 4) is 5.75 Å². The number of amides is 1. The summed E-state index contributed by atoms with van der Waals surface area (Å²) in [6, 6.07) is 11.5. The molecule has 1 atom stereocenters. The van der Waals surface area contributed by atoms with Crippen LogP contribution in [0.1, 0.15) is 23.2 Å². The van der Waals surface area contributed by atoms with Gasteiger partial charge in [0.1, 0.15) is 18.1 Å². The fourth-order valence-electron chi connectivity index (χ4n) is 3.22. The summed E-state index contributed by atoms with van der Waals surface area (Å²) in [5, 5.41) is 0. The SMILES string of the molecule is COCc1ccc(C(=O)N2CCN(c3ccccc3OC)C[C@@H]2C)o1. The van der Waals surface area contributed by atoms with Gasteiger partial charge in [-0.05, 0) is 31.2 Å². The normalized spacial score (nSPS) is 17.6. The largest absolute Gasteiger partial charge is 0.495 e. The molecule has 0 saturated carbocycles. The molecule has 6 heteroatoms. The molecule has 6 nitrogen and oxygen atoms in total. The first kappa shape index (κ1) is 17.4. The van der Waals surface area contributed by atoms with Gasteiger partial charge in [0.25, 0.3) is 5.91 Å². The van der Waals surface area contributed by atoms with E-state index in [1.807, 2.05) is 29.2 Å². The summed E-state index contributed by atoms with van der Waals surface area (Å²) in [6.45, 7) is 4.56. The number of carbonyl (C=O) groups is 1. The summed E-state index contributed by atoms with van der Waals surface area (Å²) < 4.78 is 16.1. The van der Waals surface area contributed by atoms with Crippen LogP contribution in [0.3, 0.4) is 0 Å². The van der Waals surface area contributed by atoms with E-state index in [1.165, 1.54) is 0 Å². The van der Waals surface area contributed by atoms with Crippen molar-refractivity contribution >= 4 is 11.6 Å². The Balaban J connectivity index is 1.69. The number of piperazine rings is 1. The maximum atomic E-state index is 12.7. The summed E-state index contributed by atoms with van der Waals surface area (Å²) in [4.78, 5) is 16.9. The van der Waals surface area contributed by atoms with Crippen molar-refractivity contribution in [1.29, 1.82) is 0 Å². The van der Waals surface area contributed by atoms with E-state index in [0.29, 0.717) is 24.7 Å². The number of para-hydroxylation sites is 2. The molecule has 25 heavy (non-hydrogen) atoms. The Hall–Kier alpha value is -2.47. The first-order valence-electron chi connectivity index (χ1n) is 8.40. The van der Waals surface area contributed by atoms with Gasteiger partial charge in [0, 0.05) is 32.8 Å². The monoisotopic (exact) mass is 344 g/mol. The van der Waals surface area contributed by atoms with Crippen LogP contribution in [0.15, 0.2) is 40.8 Å². The highest BCUT2D eigenvalue weighted by Crippen LogP contribution is 2.29. The van der Waals surface area contributed by atoms with E-state index < -0.39 is 0 Å². The molecule has 0 spiro atoms. The van der Waals surface area contributed by atoms with Crippen LogP contribution < -0.4 is 9.64 Å². The van der Waals surface area contributed by atoms with Gasteiger partial charge < -0.3 is 23.7 Å². The van der Waals surface area contributed by atoms with Crippen molar-refractivity contribution in [2.75, 3.05) is 38.8 Å². The van der Waals surface area contributed by atoms with Gasteiger partial charge in [-0.2, -0.15) is 0 Å². The summed E-state index contributed by atoms with van der Waals surface area (Å²) in [7, 11) is 3.28. The highest BCUT2D eigenvalue weighted by atomic mass is 16.5. The van der Waals surface area contributed by atoms with E-state index in [0.717, 1.165) is 24.5 Å². The van der Waals surface area contributed by atoms with Crippen LogP contribution in [0.5, 0.6) is 5.75 Å². The molecule has 1 amide bonds. The molecular formula is C19H24N2O4. The molecule has 1 aromatic carbocycles. The zero-order chi connectivity index (χ0) is 17.8. The highest BCUT2D eigenvalue weighted by molar-refractivity contribution is 5.92. The van der Waals surface area contributed by atoms with E-state index in [4.69, 9.17) is 13.9 Å². The van der Waals surface area contributed by atoms with Crippen molar-refractivity contribution in [2.24, 2.45) is 0 Å². The fourth-order valence-corrected chi connectivity index (χ4v) is 3.22. The van der Waals surface area contributed by atoms with Gasteiger partial charge in [-0.15, -0.1) is 0 Å². The first-order chi connectivity index (χ1) is 12.1. The topological polar surface area (TPSA) is 55.2 Å². The fraction of sp³-hybridized carbons (Fsp3) is 0.421. The molecule has 1 fully saturated rings. The Morgan fingerprint density at radius 1 is 1.20 bits per heavy atom. The molecule has 0 bridgehead atoms. The van der Waals surface area contributed by atoms with Crippen LogP contribution in [-0.4, -0.2) is 50.7 Å². The Labute approximate surface area is 147 Å². The van der Waals surface area contributed by atoms with Crippen molar-refractivity contribution in [3.05, 3.63) is 47.9 Å². The van der Waals surface area contributed by atoms with Crippen LogP contribution in [0.4, 0.5) is 5.69 Å². The van der Waals surface area contributed by atoms with Gasteiger partial charge >= 0.3 is 0 Å². The lowest BCUT2D eigenvalue weighted by molar-refractivity contribution is 0.0634.